The number of hydrogen-bond donors (Lipinski definition) is 1. The number of rotatable bonds is 4. The van der Waals surface area contributed by atoms with E-state index >= 15 is 0 Å². The number of amides is 2. The smallest absolute Gasteiger partial charge is 0.360 e. The molecule has 8 nitrogen and oxygen atoms in total. The molecule has 3 heterocycles. The Morgan fingerprint density at radius 1 is 1.18 bits per heavy atom. The fraction of sp³-hybridized carbons (Fsp3) is 0.333. The van der Waals surface area contributed by atoms with E-state index in [9.17, 15) is 27.2 Å². The summed E-state index contributed by atoms with van der Waals surface area (Å²) in [6.07, 6.45) is -3.63. The highest BCUT2D eigenvalue weighted by molar-refractivity contribution is 5.96. The van der Waals surface area contributed by atoms with E-state index in [1.165, 1.54) is 17.0 Å². The van der Waals surface area contributed by atoms with Crippen LogP contribution in [0.1, 0.15) is 34.7 Å². The average molecular weight is 465 g/mol. The van der Waals surface area contributed by atoms with Gasteiger partial charge in [0.05, 0.1) is 11.8 Å². The number of carbonyl (C=O) groups is 2. The molecule has 0 saturated carbocycles. The molecule has 0 radical (unpaired) electrons. The van der Waals surface area contributed by atoms with Crippen molar-refractivity contribution in [3.05, 3.63) is 59.4 Å². The Bertz CT molecular complexity index is 1180. The summed E-state index contributed by atoms with van der Waals surface area (Å²) in [5.74, 6) is -1.73. The van der Waals surface area contributed by atoms with E-state index in [1.54, 1.807) is 13.0 Å². The molecule has 0 aliphatic carbocycles. The lowest BCUT2D eigenvalue weighted by Gasteiger charge is -2.31. The van der Waals surface area contributed by atoms with Crippen molar-refractivity contribution in [1.29, 1.82) is 0 Å². The van der Waals surface area contributed by atoms with Gasteiger partial charge in [0.15, 0.2) is 11.5 Å². The number of anilines is 1. The number of aryl methyl sites for hydroxylation is 1. The first kappa shape index (κ1) is 22.5. The normalized spacial score (nSPS) is 15.0. The fourth-order valence-electron chi connectivity index (χ4n) is 3.75. The Hall–Kier alpha value is -3.70. The van der Waals surface area contributed by atoms with Crippen molar-refractivity contribution in [1.82, 2.24) is 19.8 Å². The molecule has 1 fully saturated rings. The highest BCUT2D eigenvalue weighted by Gasteiger charge is 2.42. The van der Waals surface area contributed by atoms with Gasteiger partial charge in [0, 0.05) is 25.1 Å². The summed E-state index contributed by atoms with van der Waals surface area (Å²) < 4.78 is 60.9. The summed E-state index contributed by atoms with van der Waals surface area (Å²) in [5, 5.41) is 9.96. The summed E-state index contributed by atoms with van der Waals surface area (Å²) in [5.41, 5.74) is -2.44. The van der Waals surface area contributed by atoms with Crippen molar-refractivity contribution in [3.8, 4) is 5.69 Å². The van der Waals surface area contributed by atoms with Crippen LogP contribution in [0.2, 0.25) is 0 Å². The maximum atomic E-state index is 14.1. The standard InChI is InChI=1S/C21H19F4N5O3/c1-12-10-17(28-33-12)27-19(31)13-6-8-29(9-7-13)20(32)14-11-26-30(18(14)21(23,24)25)16-5-3-2-4-15(16)22/h2-5,10-11,13H,6-9H2,1H3,(H,27,28,31). The van der Waals surface area contributed by atoms with Crippen LogP contribution in [0.15, 0.2) is 41.1 Å². The second-order valence-corrected chi connectivity index (χ2v) is 7.65. The molecule has 0 unspecified atom stereocenters. The van der Waals surface area contributed by atoms with Crippen LogP contribution in [-0.2, 0) is 11.0 Å². The second kappa shape index (κ2) is 8.68. The monoisotopic (exact) mass is 465 g/mol. The molecule has 1 aliphatic heterocycles. The minimum absolute atomic E-state index is 0.0803. The number of likely N-dealkylation sites (tertiary alicyclic amines) is 1. The number of alkyl halides is 3. The molecule has 4 rings (SSSR count). The zero-order valence-electron chi connectivity index (χ0n) is 17.4. The van der Waals surface area contributed by atoms with E-state index in [0.29, 0.717) is 10.4 Å². The van der Waals surface area contributed by atoms with Gasteiger partial charge in [-0.2, -0.15) is 18.3 Å². The Morgan fingerprint density at radius 2 is 1.88 bits per heavy atom. The van der Waals surface area contributed by atoms with Gasteiger partial charge in [0.2, 0.25) is 5.91 Å². The van der Waals surface area contributed by atoms with Crippen molar-refractivity contribution >= 4 is 17.6 Å². The first-order valence-corrected chi connectivity index (χ1v) is 10.1. The van der Waals surface area contributed by atoms with Crippen LogP contribution in [0.25, 0.3) is 5.69 Å². The van der Waals surface area contributed by atoms with Crippen LogP contribution in [0, 0.1) is 18.7 Å². The zero-order valence-corrected chi connectivity index (χ0v) is 17.4. The van der Waals surface area contributed by atoms with Crippen molar-refractivity contribution < 1.29 is 31.7 Å². The zero-order chi connectivity index (χ0) is 23.8. The van der Waals surface area contributed by atoms with Crippen LogP contribution in [0.5, 0.6) is 0 Å². The summed E-state index contributed by atoms with van der Waals surface area (Å²) in [7, 11) is 0. The highest BCUT2D eigenvalue weighted by Crippen LogP contribution is 2.35. The molecule has 1 N–H and O–H groups in total. The largest absolute Gasteiger partial charge is 0.434 e. The Labute approximate surface area is 185 Å². The number of para-hydroxylation sites is 1. The van der Waals surface area contributed by atoms with Gasteiger partial charge in [-0.3, -0.25) is 9.59 Å². The number of nitrogens with zero attached hydrogens (tertiary/aromatic N) is 4. The van der Waals surface area contributed by atoms with Gasteiger partial charge in [-0.15, -0.1) is 0 Å². The number of aromatic nitrogens is 3. The lowest BCUT2D eigenvalue weighted by molar-refractivity contribution is -0.143. The third kappa shape index (κ3) is 4.59. The molecular formula is C21H19F4N5O3. The van der Waals surface area contributed by atoms with E-state index in [4.69, 9.17) is 4.52 Å². The van der Waals surface area contributed by atoms with Crippen LogP contribution in [0.4, 0.5) is 23.4 Å². The van der Waals surface area contributed by atoms with E-state index in [2.05, 4.69) is 15.6 Å². The maximum Gasteiger partial charge on any atom is 0.434 e. The predicted octanol–water partition coefficient (Wildman–Crippen LogP) is 3.82. The number of hydrogen-bond acceptors (Lipinski definition) is 5. The summed E-state index contributed by atoms with van der Waals surface area (Å²) >= 11 is 0. The summed E-state index contributed by atoms with van der Waals surface area (Å²) in [6, 6.07) is 6.42. The molecule has 174 valence electrons. The Balaban J connectivity index is 1.50. The molecule has 0 bridgehead atoms. The topological polar surface area (TPSA) is 93.3 Å². The van der Waals surface area contributed by atoms with Crippen molar-refractivity contribution in [2.24, 2.45) is 5.92 Å². The van der Waals surface area contributed by atoms with Crippen LogP contribution in [0.3, 0.4) is 0 Å². The van der Waals surface area contributed by atoms with Crippen molar-refractivity contribution in [3.63, 3.8) is 0 Å². The second-order valence-electron chi connectivity index (χ2n) is 7.65. The van der Waals surface area contributed by atoms with Gasteiger partial charge in [0.1, 0.15) is 17.3 Å². The molecule has 1 aromatic carbocycles. The van der Waals surface area contributed by atoms with Gasteiger partial charge in [-0.05, 0) is 31.9 Å². The Morgan fingerprint density at radius 3 is 2.48 bits per heavy atom. The van der Waals surface area contributed by atoms with Gasteiger partial charge in [0.25, 0.3) is 5.91 Å². The van der Waals surface area contributed by atoms with Gasteiger partial charge in [-0.25, -0.2) is 9.07 Å². The molecule has 12 heteroatoms. The minimum Gasteiger partial charge on any atom is -0.360 e. The fourth-order valence-corrected chi connectivity index (χ4v) is 3.75. The third-order valence-electron chi connectivity index (χ3n) is 5.38. The lowest BCUT2D eigenvalue weighted by atomic mass is 9.95. The number of halogens is 4. The van der Waals surface area contributed by atoms with Gasteiger partial charge < -0.3 is 14.7 Å². The Kier molecular flexibility index (Phi) is 5.91. The van der Waals surface area contributed by atoms with Crippen LogP contribution < -0.4 is 5.32 Å². The molecule has 3 aromatic rings. The summed E-state index contributed by atoms with van der Waals surface area (Å²) in [4.78, 5) is 26.6. The number of nitrogens with one attached hydrogen (secondary N) is 1. The van der Waals surface area contributed by atoms with Crippen LogP contribution in [-0.4, -0.2) is 44.7 Å². The molecule has 0 spiro atoms. The van der Waals surface area contributed by atoms with E-state index < -0.39 is 40.8 Å². The molecule has 2 aromatic heterocycles. The molecule has 1 aliphatic rings. The average Bonchev–Trinajstić information content (AvgIpc) is 3.40. The summed E-state index contributed by atoms with van der Waals surface area (Å²) in [6.45, 7) is 1.84. The molecule has 2 amide bonds. The van der Waals surface area contributed by atoms with E-state index in [1.807, 2.05) is 0 Å². The minimum atomic E-state index is -4.95. The van der Waals surface area contributed by atoms with Crippen molar-refractivity contribution in [2.45, 2.75) is 25.9 Å². The lowest BCUT2D eigenvalue weighted by Crippen LogP contribution is -2.42. The molecule has 0 atom stereocenters. The van der Waals surface area contributed by atoms with Crippen molar-refractivity contribution in [2.75, 3.05) is 18.4 Å². The molecular weight excluding hydrogens is 446 g/mol. The predicted molar refractivity (Wildman–Crippen MR) is 107 cm³/mol. The SMILES string of the molecule is Cc1cc(NC(=O)C2CCN(C(=O)c3cnn(-c4ccccc4F)c3C(F)(F)F)CC2)no1. The number of benzene rings is 1. The molecule has 1 saturated heterocycles. The van der Waals surface area contributed by atoms with E-state index in [0.717, 1.165) is 18.3 Å². The number of carbonyl (C=O) groups excluding carboxylic acids is 2. The van der Waals surface area contributed by atoms with Gasteiger partial charge >= 0.3 is 6.18 Å². The first-order valence-electron chi connectivity index (χ1n) is 10.1. The van der Waals surface area contributed by atoms with Gasteiger partial charge in [-0.1, -0.05) is 17.3 Å². The quantitative estimate of drug-likeness (QED) is 0.592. The maximum absolute atomic E-state index is 14.1. The number of piperidine rings is 1. The first-order chi connectivity index (χ1) is 15.6. The van der Waals surface area contributed by atoms with E-state index in [-0.39, 0.29) is 37.7 Å². The third-order valence-corrected chi connectivity index (χ3v) is 5.38. The molecule has 33 heavy (non-hydrogen) atoms. The highest BCUT2D eigenvalue weighted by atomic mass is 19.4. The van der Waals surface area contributed by atoms with Crippen LogP contribution >= 0.6 is 0 Å².